The molecule has 0 unspecified atom stereocenters. The third kappa shape index (κ3) is 5.28. The number of likely N-dealkylation sites (tertiary alicyclic amines) is 1. The van der Waals surface area contributed by atoms with Gasteiger partial charge in [0.05, 0.1) is 18.2 Å². The molecule has 1 aliphatic carbocycles. The van der Waals surface area contributed by atoms with Crippen molar-refractivity contribution in [2.24, 2.45) is 18.4 Å². The second-order valence-electron chi connectivity index (χ2n) is 12.9. The maximum Gasteiger partial charge on any atom is 0.260 e. The molecule has 1 N–H and O–H groups in total. The van der Waals surface area contributed by atoms with Gasteiger partial charge < -0.3 is 9.88 Å². The van der Waals surface area contributed by atoms with Crippen molar-refractivity contribution in [3.05, 3.63) is 77.1 Å². The minimum Gasteiger partial charge on any atom is -0.370 e. The van der Waals surface area contributed by atoms with Crippen LogP contribution in [0.4, 0.5) is 11.6 Å². The topological polar surface area (TPSA) is 103 Å². The van der Waals surface area contributed by atoms with Crippen LogP contribution in [0.3, 0.4) is 0 Å². The molecule has 1 saturated carbocycles. The molecule has 0 radical (unpaired) electrons. The number of anilines is 2. The standard InChI is InChI=1S/C34H36N8O/c1-22(2)17-36-30-14-26(28-12-23(16-35)5-7-27(28)32-39-37-21-40(32)3)15-31(38-30)42-19-25-6-4-24(13-29(25)33(42)43)18-41-11-10-34(20-41)8-9-34/h4-7,12-15,21-22H,8-11,17-20H2,1-3H3,(H,36,38). The highest BCUT2D eigenvalue weighted by atomic mass is 16.2. The van der Waals surface area contributed by atoms with E-state index in [1.807, 2.05) is 35.9 Å². The summed E-state index contributed by atoms with van der Waals surface area (Å²) in [5.41, 5.74) is 6.61. The van der Waals surface area contributed by atoms with E-state index in [4.69, 9.17) is 4.98 Å². The van der Waals surface area contributed by atoms with Gasteiger partial charge in [-0.25, -0.2) is 4.98 Å². The van der Waals surface area contributed by atoms with Crippen molar-refractivity contribution in [3.8, 4) is 28.6 Å². The van der Waals surface area contributed by atoms with Crippen molar-refractivity contribution in [1.29, 1.82) is 5.26 Å². The van der Waals surface area contributed by atoms with Crippen LogP contribution in [0.1, 0.15) is 60.2 Å². The lowest BCUT2D eigenvalue weighted by molar-refractivity contribution is 0.0996. The Balaban J connectivity index is 1.24. The van der Waals surface area contributed by atoms with Gasteiger partial charge in [0.1, 0.15) is 18.0 Å². The van der Waals surface area contributed by atoms with Crippen LogP contribution in [0.5, 0.6) is 0 Å². The van der Waals surface area contributed by atoms with Crippen molar-refractivity contribution < 1.29 is 4.79 Å². The molecule has 0 atom stereocenters. The van der Waals surface area contributed by atoms with Crippen molar-refractivity contribution >= 4 is 17.5 Å². The lowest BCUT2D eigenvalue weighted by Gasteiger charge is -2.19. The summed E-state index contributed by atoms with van der Waals surface area (Å²) >= 11 is 0. The molecule has 2 aromatic heterocycles. The van der Waals surface area contributed by atoms with E-state index < -0.39 is 0 Å². The highest BCUT2D eigenvalue weighted by Gasteiger charge is 2.47. The van der Waals surface area contributed by atoms with E-state index in [0.717, 1.165) is 47.5 Å². The molecular formula is C34H36N8O. The first kappa shape index (κ1) is 27.3. The molecule has 9 nitrogen and oxygen atoms in total. The summed E-state index contributed by atoms with van der Waals surface area (Å²) in [7, 11) is 1.90. The number of nitrogens with one attached hydrogen (secondary N) is 1. The Kier molecular flexibility index (Phi) is 6.74. The number of hydrogen-bond acceptors (Lipinski definition) is 7. The molecule has 4 aromatic rings. The van der Waals surface area contributed by atoms with Crippen LogP contribution in [0.15, 0.2) is 54.9 Å². The van der Waals surface area contributed by atoms with Crippen molar-refractivity contribution in [2.75, 3.05) is 29.9 Å². The second-order valence-corrected chi connectivity index (χ2v) is 12.9. The average Bonchev–Trinajstić information content (AvgIpc) is 3.27. The summed E-state index contributed by atoms with van der Waals surface area (Å²) in [5, 5.41) is 21.6. The van der Waals surface area contributed by atoms with Crippen LogP contribution in [-0.4, -0.2) is 50.2 Å². The zero-order valence-electron chi connectivity index (χ0n) is 25.0. The highest BCUT2D eigenvalue weighted by Crippen LogP contribution is 2.52. The van der Waals surface area contributed by atoms with Gasteiger partial charge in [0.2, 0.25) is 0 Å². The molecule has 1 saturated heterocycles. The number of benzene rings is 2. The minimum atomic E-state index is -0.0318. The molecule has 2 aliphatic heterocycles. The summed E-state index contributed by atoms with van der Waals surface area (Å²) < 4.78 is 1.86. The number of nitrogens with zero attached hydrogens (tertiary/aromatic N) is 7. The first-order valence-corrected chi connectivity index (χ1v) is 15.1. The molecular weight excluding hydrogens is 536 g/mol. The van der Waals surface area contributed by atoms with Gasteiger partial charge >= 0.3 is 0 Å². The van der Waals surface area contributed by atoms with E-state index in [0.29, 0.717) is 40.9 Å². The van der Waals surface area contributed by atoms with Gasteiger partial charge in [0, 0.05) is 37.8 Å². The second kappa shape index (κ2) is 10.6. The van der Waals surface area contributed by atoms with Gasteiger partial charge in [-0.05, 0) is 95.8 Å². The van der Waals surface area contributed by atoms with Crippen LogP contribution >= 0.6 is 0 Å². The van der Waals surface area contributed by atoms with Crippen LogP contribution < -0.4 is 10.2 Å². The Morgan fingerprint density at radius 2 is 1.91 bits per heavy atom. The summed E-state index contributed by atoms with van der Waals surface area (Å²) in [6.45, 7) is 8.70. The number of carbonyl (C=O) groups excluding carboxylic acids is 1. The quantitative estimate of drug-likeness (QED) is 0.292. The molecule has 3 aliphatic rings. The van der Waals surface area contributed by atoms with E-state index >= 15 is 0 Å². The monoisotopic (exact) mass is 572 g/mol. The number of rotatable bonds is 8. The van der Waals surface area contributed by atoms with Crippen molar-refractivity contribution in [1.82, 2.24) is 24.6 Å². The lowest BCUT2D eigenvalue weighted by Crippen LogP contribution is -2.25. The Bertz CT molecular complexity index is 1760. The molecule has 1 spiro atoms. The third-order valence-electron chi connectivity index (χ3n) is 9.05. The normalized spacial score (nSPS) is 17.1. The molecule has 0 bridgehead atoms. The molecule has 2 aromatic carbocycles. The lowest BCUT2D eigenvalue weighted by atomic mass is 9.97. The van der Waals surface area contributed by atoms with Gasteiger partial charge in [-0.15, -0.1) is 10.2 Å². The number of fused-ring (bicyclic) bond motifs is 1. The molecule has 1 amide bonds. The van der Waals surface area contributed by atoms with Gasteiger partial charge in [-0.3, -0.25) is 14.6 Å². The summed E-state index contributed by atoms with van der Waals surface area (Å²) in [6.07, 6.45) is 5.69. The smallest absolute Gasteiger partial charge is 0.260 e. The maximum atomic E-state index is 13.9. The molecule has 9 heteroatoms. The fourth-order valence-electron chi connectivity index (χ4n) is 6.42. The first-order valence-electron chi connectivity index (χ1n) is 15.1. The van der Waals surface area contributed by atoms with Crippen molar-refractivity contribution in [2.45, 2.75) is 46.2 Å². The Labute approximate surface area is 252 Å². The molecule has 4 heterocycles. The fourth-order valence-corrected chi connectivity index (χ4v) is 6.42. The average molecular weight is 573 g/mol. The fraction of sp³-hybridized carbons (Fsp3) is 0.382. The number of hydrogen-bond donors (Lipinski definition) is 1. The predicted molar refractivity (Wildman–Crippen MR) is 166 cm³/mol. The Morgan fingerprint density at radius 1 is 1.05 bits per heavy atom. The van der Waals surface area contributed by atoms with Crippen molar-refractivity contribution in [3.63, 3.8) is 0 Å². The minimum absolute atomic E-state index is 0.0318. The van der Waals surface area contributed by atoms with Gasteiger partial charge in [0.25, 0.3) is 5.91 Å². The van der Waals surface area contributed by atoms with E-state index in [1.165, 1.54) is 31.4 Å². The zero-order valence-corrected chi connectivity index (χ0v) is 25.0. The molecule has 218 valence electrons. The van der Waals surface area contributed by atoms with Crippen LogP contribution in [-0.2, 0) is 20.1 Å². The van der Waals surface area contributed by atoms with E-state index in [2.05, 4.69) is 58.5 Å². The summed E-state index contributed by atoms with van der Waals surface area (Å²) in [6, 6.07) is 18.1. The number of aryl methyl sites for hydroxylation is 1. The van der Waals surface area contributed by atoms with Crippen LogP contribution in [0.2, 0.25) is 0 Å². The Morgan fingerprint density at radius 3 is 2.63 bits per heavy atom. The number of carbonyl (C=O) groups is 1. The summed E-state index contributed by atoms with van der Waals surface area (Å²) in [5.74, 6) is 2.33. The summed E-state index contributed by atoms with van der Waals surface area (Å²) in [4.78, 5) is 23.1. The zero-order chi connectivity index (χ0) is 29.7. The van der Waals surface area contributed by atoms with Gasteiger partial charge in [-0.2, -0.15) is 5.26 Å². The highest BCUT2D eigenvalue weighted by molar-refractivity contribution is 6.10. The predicted octanol–water partition coefficient (Wildman–Crippen LogP) is 5.63. The molecule has 7 rings (SSSR count). The SMILES string of the molecule is CC(C)CNc1cc(-c2cc(C#N)ccc2-c2nncn2C)cc(N2Cc3ccc(CN4CCC5(CC5)C4)cc3C2=O)n1. The third-order valence-corrected chi connectivity index (χ3v) is 9.05. The molecule has 43 heavy (non-hydrogen) atoms. The van der Waals surface area contributed by atoms with Gasteiger partial charge in [0.15, 0.2) is 5.82 Å². The number of pyridine rings is 1. The number of aromatic nitrogens is 4. The largest absolute Gasteiger partial charge is 0.370 e. The van der Waals surface area contributed by atoms with Gasteiger partial charge in [-0.1, -0.05) is 26.0 Å². The van der Waals surface area contributed by atoms with Crippen LogP contribution in [0.25, 0.3) is 22.5 Å². The van der Waals surface area contributed by atoms with Crippen LogP contribution in [0, 0.1) is 22.7 Å². The number of amides is 1. The van der Waals surface area contributed by atoms with E-state index in [-0.39, 0.29) is 5.91 Å². The van der Waals surface area contributed by atoms with E-state index in [1.54, 1.807) is 17.3 Å². The Hall–Kier alpha value is -4.55. The molecule has 2 fully saturated rings. The van der Waals surface area contributed by atoms with E-state index in [9.17, 15) is 10.1 Å². The first-order chi connectivity index (χ1) is 20.8. The maximum absolute atomic E-state index is 13.9. The number of nitriles is 1.